The Hall–Kier alpha value is -3.19. The Kier molecular flexibility index (Phi) is 8.55. The van der Waals surface area contributed by atoms with Crippen molar-refractivity contribution in [2.75, 3.05) is 19.8 Å². The number of carbonyl (C=O) groups is 3. The molecule has 1 atom stereocenters. The molecule has 160 valence electrons. The van der Waals surface area contributed by atoms with Crippen molar-refractivity contribution in [3.63, 3.8) is 0 Å². The van der Waals surface area contributed by atoms with Crippen LogP contribution in [-0.4, -0.2) is 49.4 Å². The van der Waals surface area contributed by atoms with Crippen molar-refractivity contribution >= 4 is 17.9 Å². The van der Waals surface area contributed by atoms with Crippen LogP contribution in [0.15, 0.2) is 60.7 Å². The summed E-state index contributed by atoms with van der Waals surface area (Å²) < 4.78 is 21.2. The van der Waals surface area contributed by atoms with Gasteiger partial charge in [0.25, 0.3) is 0 Å². The number of rotatable bonds is 9. The van der Waals surface area contributed by atoms with E-state index in [0.717, 1.165) is 0 Å². The second kappa shape index (κ2) is 11.1. The number of benzene rings is 2. The highest BCUT2D eigenvalue weighted by Crippen LogP contribution is 2.09. The molecular formula is C23H26O7. The second-order valence-electron chi connectivity index (χ2n) is 7.46. The standard InChI is InChI=1S/C23H26O7/c1-23(2,3)30-20(24)16-27-14-19(29-22(26)18-12-8-5-9-13-18)15-28-21(25)17-10-6-4-7-11-17/h4-13,19H,14-16H2,1-3H3. The molecule has 2 aromatic rings. The van der Waals surface area contributed by atoms with Crippen molar-refractivity contribution in [2.24, 2.45) is 0 Å². The summed E-state index contributed by atoms with van der Waals surface area (Å²) in [6, 6.07) is 16.9. The maximum Gasteiger partial charge on any atom is 0.338 e. The van der Waals surface area contributed by atoms with Crippen LogP contribution in [0.25, 0.3) is 0 Å². The first-order valence-corrected chi connectivity index (χ1v) is 9.52. The molecule has 0 aliphatic heterocycles. The Morgan fingerprint density at radius 1 is 0.800 bits per heavy atom. The zero-order valence-corrected chi connectivity index (χ0v) is 17.3. The van der Waals surface area contributed by atoms with Crippen LogP contribution in [0, 0.1) is 0 Å². The van der Waals surface area contributed by atoms with Gasteiger partial charge < -0.3 is 18.9 Å². The molecule has 0 amide bonds. The molecule has 0 N–H and O–H groups in total. The van der Waals surface area contributed by atoms with E-state index in [-0.39, 0.29) is 19.8 Å². The highest BCUT2D eigenvalue weighted by molar-refractivity contribution is 5.90. The Morgan fingerprint density at radius 3 is 1.87 bits per heavy atom. The molecule has 0 fully saturated rings. The molecule has 0 spiro atoms. The third-order valence-electron chi connectivity index (χ3n) is 3.64. The first kappa shape index (κ1) is 23.1. The Balaban J connectivity index is 1.94. The summed E-state index contributed by atoms with van der Waals surface area (Å²) in [5.41, 5.74) is 0.0921. The van der Waals surface area contributed by atoms with E-state index in [1.807, 2.05) is 0 Å². The van der Waals surface area contributed by atoms with Crippen LogP contribution in [-0.2, 0) is 23.7 Å². The van der Waals surface area contributed by atoms with Crippen LogP contribution in [0.5, 0.6) is 0 Å². The van der Waals surface area contributed by atoms with E-state index in [2.05, 4.69) is 0 Å². The lowest BCUT2D eigenvalue weighted by atomic mass is 10.2. The summed E-state index contributed by atoms with van der Waals surface area (Å²) in [5, 5.41) is 0. The number of ether oxygens (including phenoxy) is 4. The molecule has 0 bridgehead atoms. The minimum atomic E-state index is -0.896. The van der Waals surface area contributed by atoms with Gasteiger partial charge in [-0.2, -0.15) is 0 Å². The molecule has 2 aromatic carbocycles. The first-order chi connectivity index (χ1) is 14.2. The fourth-order valence-corrected chi connectivity index (χ4v) is 2.38. The van der Waals surface area contributed by atoms with Gasteiger partial charge in [0, 0.05) is 0 Å². The van der Waals surface area contributed by atoms with Gasteiger partial charge in [-0.05, 0) is 45.0 Å². The molecule has 0 aliphatic rings. The van der Waals surface area contributed by atoms with Crippen molar-refractivity contribution in [3.05, 3.63) is 71.8 Å². The summed E-state index contributed by atoms with van der Waals surface area (Å²) in [6.45, 7) is 4.57. The molecule has 7 heteroatoms. The first-order valence-electron chi connectivity index (χ1n) is 9.52. The summed E-state index contributed by atoms with van der Waals surface area (Å²) >= 11 is 0. The third-order valence-corrected chi connectivity index (χ3v) is 3.64. The SMILES string of the molecule is CC(C)(C)OC(=O)COCC(COC(=O)c1ccccc1)OC(=O)c1ccccc1. The molecule has 0 aromatic heterocycles. The van der Waals surface area contributed by atoms with Crippen LogP contribution in [0.4, 0.5) is 0 Å². The van der Waals surface area contributed by atoms with Crippen molar-refractivity contribution < 1.29 is 33.3 Å². The molecule has 0 saturated carbocycles. The van der Waals surface area contributed by atoms with Gasteiger partial charge in [0.2, 0.25) is 0 Å². The fraction of sp³-hybridized carbons (Fsp3) is 0.348. The number of hydrogen-bond acceptors (Lipinski definition) is 7. The Bertz CT molecular complexity index is 826. The van der Waals surface area contributed by atoms with E-state index in [1.54, 1.807) is 81.4 Å². The fourth-order valence-electron chi connectivity index (χ4n) is 2.38. The Labute approximate surface area is 175 Å². The zero-order chi connectivity index (χ0) is 22.0. The monoisotopic (exact) mass is 414 g/mol. The van der Waals surface area contributed by atoms with E-state index in [4.69, 9.17) is 18.9 Å². The predicted octanol–water partition coefficient (Wildman–Crippen LogP) is 3.43. The maximum atomic E-state index is 12.3. The average Bonchev–Trinajstić information content (AvgIpc) is 2.71. The Morgan fingerprint density at radius 2 is 1.33 bits per heavy atom. The van der Waals surface area contributed by atoms with E-state index in [9.17, 15) is 14.4 Å². The summed E-state index contributed by atoms with van der Waals surface area (Å²) in [7, 11) is 0. The number of hydrogen-bond donors (Lipinski definition) is 0. The second-order valence-corrected chi connectivity index (χ2v) is 7.46. The van der Waals surface area contributed by atoms with Crippen LogP contribution in [0.1, 0.15) is 41.5 Å². The van der Waals surface area contributed by atoms with Crippen LogP contribution in [0.2, 0.25) is 0 Å². The van der Waals surface area contributed by atoms with Crippen molar-refractivity contribution in [1.82, 2.24) is 0 Å². The van der Waals surface area contributed by atoms with Gasteiger partial charge in [0.1, 0.15) is 18.8 Å². The van der Waals surface area contributed by atoms with Crippen molar-refractivity contribution in [2.45, 2.75) is 32.5 Å². The minimum Gasteiger partial charge on any atom is -0.458 e. The van der Waals surface area contributed by atoms with Crippen molar-refractivity contribution in [1.29, 1.82) is 0 Å². The predicted molar refractivity (Wildman–Crippen MR) is 109 cm³/mol. The van der Waals surface area contributed by atoms with Gasteiger partial charge in [0.15, 0.2) is 6.10 Å². The van der Waals surface area contributed by atoms with Gasteiger partial charge in [-0.3, -0.25) is 0 Å². The highest BCUT2D eigenvalue weighted by atomic mass is 16.6. The molecule has 0 aliphatic carbocycles. The number of carbonyl (C=O) groups excluding carboxylic acids is 3. The van der Waals surface area contributed by atoms with Gasteiger partial charge >= 0.3 is 17.9 Å². The van der Waals surface area contributed by atoms with Gasteiger partial charge in [-0.15, -0.1) is 0 Å². The summed E-state index contributed by atoms with van der Waals surface area (Å²) in [6.07, 6.45) is -0.896. The summed E-state index contributed by atoms with van der Waals surface area (Å²) in [4.78, 5) is 36.3. The van der Waals surface area contributed by atoms with Crippen LogP contribution in [0.3, 0.4) is 0 Å². The smallest absolute Gasteiger partial charge is 0.338 e. The van der Waals surface area contributed by atoms with E-state index in [1.165, 1.54) is 0 Å². The average molecular weight is 414 g/mol. The molecular weight excluding hydrogens is 388 g/mol. The van der Waals surface area contributed by atoms with Crippen molar-refractivity contribution in [3.8, 4) is 0 Å². The lowest BCUT2D eigenvalue weighted by molar-refractivity contribution is -0.161. The molecule has 0 heterocycles. The zero-order valence-electron chi connectivity index (χ0n) is 17.3. The summed E-state index contributed by atoms with van der Waals surface area (Å²) in [5.74, 6) is -1.68. The molecule has 2 rings (SSSR count). The van der Waals surface area contributed by atoms with E-state index < -0.39 is 29.6 Å². The van der Waals surface area contributed by atoms with E-state index in [0.29, 0.717) is 11.1 Å². The van der Waals surface area contributed by atoms with Gasteiger partial charge in [-0.25, -0.2) is 14.4 Å². The lowest BCUT2D eigenvalue weighted by Gasteiger charge is -2.21. The molecule has 0 radical (unpaired) electrons. The molecule has 7 nitrogen and oxygen atoms in total. The lowest BCUT2D eigenvalue weighted by Crippen LogP contribution is -2.32. The third kappa shape index (κ3) is 8.45. The van der Waals surface area contributed by atoms with Crippen LogP contribution >= 0.6 is 0 Å². The quantitative estimate of drug-likeness (QED) is 0.459. The topological polar surface area (TPSA) is 88.1 Å². The molecule has 1 unspecified atom stereocenters. The highest BCUT2D eigenvalue weighted by Gasteiger charge is 2.21. The maximum absolute atomic E-state index is 12.3. The van der Waals surface area contributed by atoms with Crippen LogP contribution < -0.4 is 0 Å². The normalized spacial score (nSPS) is 12.0. The minimum absolute atomic E-state index is 0.139. The molecule has 0 saturated heterocycles. The molecule has 30 heavy (non-hydrogen) atoms. The number of esters is 3. The van der Waals surface area contributed by atoms with Gasteiger partial charge in [-0.1, -0.05) is 36.4 Å². The largest absolute Gasteiger partial charge is 0.458 e. The van der Waals surface area contributed by atoms with Gasteiger partial charge in [0.05, 0.1) is 17.7 Å². The van der Waals surface area contributed by atoms with E-state index >= 15 is 0 Å².